The zero-order valence-corrected chi connectivity index (χ0v) is 11.5. The standard InChI is InChI=1S/C16H19NO3/c1-11-4-2-3-5-12(11)7-9-15(18)17-14-8-6-13(10-14)16(19)20/h2-5,7,9,13-14H,6,8,10H2,1H3,(H,17,18)(H,19,20). The predicted octanol–water partition coefficient (Wildman–Crippen LogP) is 2.38. The summed E-state index contributed by atoms with van der Waals surface area (Å²) < 4.78 is 0. The van der Waals surface area contributed by atoms with Gasteiger partial charge in [0.2, 0.25) is 5.91 Å². The normalized spacial score (nSPS) is 22.1. The Bertz CT molecular complexity index is 536. The van der Waals surface area contributed by atoms with E-state index in [1.54, 1.807) is 6.08 Å². The first-order valence-electron chi connectivity index (χ1n) is 6.83. The smallest absolute Gasteiger partial charge is 0.306 e. The van der Waals surface area contributed by atoms with Crippen LogP contribution in [0.1, 0.15) is 30.4 Å². The van der Waals surface area contributed by atoms with E-state index >= 15 is 0 Å². The monoisotopic (exact) mass is 273 g/mol. The Morgan fingerprint density at radius 3 is 2.70 bits per heavy atom. The van der Waals surface area contributed by atoms with Crippen LogP contribution < -0.4 is 5.32 Å². The molecule has 1 aliphatic rings. The highest BCUT2D eigenvalue weighted by atomic mass is 16.4. The van der Waals surface area contributed by atoms with Crippen LogP contribution in [0.4, 0.5) is 0 Å². The molecule has 1 aromatic carbocycles. The molecule has 4 nitrogen and oxygen atoms in total. The van der Waals surface area contributed by atoms with E-state index < -0.39 is 5.97 Å². The van der Waals surface area contributed by atoms with Crippen LogP contribution in [0.25, 0.3) is 6.08 Å². The van der Waals surface area contributed by atoms with Crippen molar-refractivity contribution in [2.75, 3.05) is 0 Å². The quantitative estimate of drug-likeness (QED) is 0.828. The third kappa shape index (κ3) is 3.70. The number of carboxylic acid groups (broad SMARTS) is 1. The molecule has 0 radical (unpaired) electrons. The van der Waals surface area contributed by atoms with Gasteiger partial charge in [0.25, 0.3) is 0 Å². The van der Waals surface area contributed by atoms with Gasteiger partial charge in [0.15, 0.2) is 0 Å². The van der Waals surface area contributed by atoms with Gasteiger partial charge >= 0.3 is 5.97 Å². The molecule has 2 N–H and O–H groups in total. The maximum absolute atomic E-state index is 11.8. The third-order valence-corrected chi connectivity index (χ3v) is 3.73. The van der Waals surface area contributed by atoms with Gasteiger partial charge < -0.3 is 10.4 Å². The number of amides is 1. The van der Waals surface area contributed by atoms with Crippen LogP contribution in [0.3, 0.4) is 0 Å². The summed E-state index contributed by atoms with van der Waals surface area (Å²) in [5, 5.41) is 11.8. The highest BCUT2D eigenvalue weighted by Crippen LogP contribution is 2.25. The molecule has 20 heavy (non-hydrogen) atoms. The number of rotatable bonds is 4. The van der Waals surface area contributed by atoms with Crippen LogP contribution in [-0.4, -0.2) is 23.0 Å². The number of benzene rings is 1. The number of carbonyl (C=O) groups excluding carboxylic acids is 1. The van der Waals surface area contributed by atoms with Gasteiger partial charge in [-0.1, -0.05) is 24.3 Å². The van der Waals surface area contributed by atoms with Crippen LogP contribution in [0.15, 0.2) is 30.3 Å². The average Bonchev–Trinajstić information content (AvgIpc) is 2.86. The molecule has 0 spiro atoms. The fourth-order valence-electron chi connectivity index (χ4n) is 2.53. The molecular formula is C16H19NO3. The Morgan fingerprint density at radius 2 is 2.05 bits per heavy atom. The molecule has 0 aromatic heterocycles. The zero-order valence-electron chi connectivity index (χ0n) is 11.5. The number of nitrogens with one attached hydrogen (secondary N) is 1. The van der Waals surface area contributed by atoms with E-state index in [0.29, 0.717) is 12.8 Å². The first kappa shape index (κ1) is 14.3. The molecule has 106 valence electrons. The maximum Gasteiger partial charge on any atom is 0.306 e. The molecule has 4 heteroatoms. The van der Waals surface area contributed by atoms with Crippen molar-refractivity contribution in [2.45, 2.75) is 32.2 Å². The molecule has 0 heterocycles. The van der Waals surface area contributed by atoms with E-state index in [9.17, 15) is 9.59 Å². The Balaban J connectivity index is 1.87. The molecule has 1 saturated carbocycles. The van der Waals surface area contributed by atoms with Crippen molar-refractivity contribution in [3.05, 3.63) is 41.5 Å². The molecule has 0 bridgehead atoms. The largest absolute Gasteiger partial charge is 0.481 e. The minimum atomic E-state index is -0.766. The average molecular weight is 273 g/mol. The SMILES string of the molecule is Cc1ccccc1C=CC(=O)NC1CCC(C(=O)O)C1. The summed E-state index contributed by atoms with van der Waals surface area (Å²) in [6.07, 6.45) is 5.20. The summed E-state index contributed by atoms with van der Waals surface area (Å²) in [6.45, 7) is 1.99. The molecule has 0 saturated heterocycles. The van der Waals surface area contributed by atoms with Crippen molar-refractivity contribution >= 4 is 18.0 Å². The van der Waals surface area contributed by atoms with E-state index in [4.69, 9.17) is 5.11 Å². The fourth-order valence-corrected chi connectivity index (χ4v) is 2.53. The van der Waals surface area contributed by atoms with Gasteiger partial charge in [-0.25, -0.2) is 0 Å². The fraction of sp³-hybridized carbons (Fsp3) is 0.375. The minimum absolute atomic E-state index is 0.0230. The molecule has 0 aliphatic heterocycles. The molecule has 2 unspecified atom stereocenters. The summed E-state index contributed by atoms with van der Waals surface area (Å²) in [5.41, 5.74) is 2.13. The van der Waals surface area contributed by atoms with E-state index in [0.717, 1.165) is 17.5 Å². The molecule has 2 atom stereocenters. The number of hydrogen-bond acceptors (Lipinski definition) is 2. The molecular weight excluding hydrogens is 254 g/mol. The summed E-state index contributed by atoms with van der Waals surface area (Å²) in [4.78, 5) is 22.7. The van der Waals surface area contributed by atoms with Gasteiger partial charge in [-0.3, -0.25) is 9.59 Å². The van der Waals surface area contributed by atoms with Crippen molar-refractivity contribution in [2.24, 2.45) is 5.92 Å². The van der Waals surface area contributed by atoms with Crippen LogP contribution in [0, 0.1) is 12.8 Å². The molecule has 1 aliphatic carbocycles. The number of carbonyl (C=O) groups is 2. The van der Waals surface area contributed by atoms with Crippen molar-refractivity contribution in [1.29, 1.82) is 0 Å². The molecule has 1 fully saturated rings. The Hall–Kier alpha value is -2.10. The maximum atomic E-state index is 11.8. The lowest BCUT2D eigenvalue weighted by Crippen LogP contribution is -2.31. The zero-order chi connectivity index (χ0) is 14.5. The van der Waals surface area contributed by atoms with E-state index in [1.165, 1.54) is 6.08 Å². The van der Waals surface area contributed by atoms with E-state index in [1.807, 2.05) is 31.2 Å². The van der Waals surface area contributed by atoms with Gasteiger partial charge in [0.1, 0.15) is 0 Å². The lowest BCUT2D eigenvalue weighted by atomic mass is 10.1. The Morgan fingerprint density at radius 1 is 1.30 bits per heavy atom. The Kier molecular flexibility index (Phi) is 4.56. The van der Waals surface area contributed by atoms with Gasteiger partial charge in [-0.2, -0.15) is 0 Å². The van der Waals surface area contributed by atoms with Crippen molar-refractivity contribution in [3.8, 4) is 0 Å². The predicted molar refractivity (Wildman–Crippen MR) is 77.1 cm³/mol. The van der Waals surface area contributed by atoms with Crippen LogP contribution in [-0.2, 0) is 9.59 Å². The summed E-state index contributed by atoms with van der Waals surface area (Å²) in [7, 11) is 0. The topological polar surface area (TPSA) is 66.4 Å². The highest BCUT2D eigenvalue weighted by Gasteiger charge is 2.30. The number of aryl methyl sites for hydroxylation is 1. The summed E-state index contributed by atoms with van der Waals surface area (Å²) in [5.74, 6) is -1.25. The summed E-state index contributed by atoms with van der Waals surface area (Å²) in [6, 6.07) is 7.81. The van der Waals surface area contributed by atoms with Crippen molar-refractivity contribution < 1.29 is 14.7 Å². The second kappa shape index (κ2) is 6.37. The molecule has 1 amide bonds. The van der Waals surface area contributed by atoms with Crippen molar-refractivity contribution in [1.82, 2.24) is 5.32 Å². The van der Waals surface area contributed by atoms with Gasteiger partial charge in [0, 0.05) is 12.1 Å². The van der Waals surface area contributed by atoms with Crippen LogP contribution in [0.5, 0.6) is 0 Å². The van der Waals surface area contributed by atoms with Gasteiger partial charge in [0.05, 0.1) is 5.92 Å². The third-order valence-electron chi connectivity index (χ3n) is 3.73. The number of hydrogen-bond donors (Lipinski definition) is 2. The van der Waals surface area contributed by atoms with E-state index in [-0.39, 0.29) is 17.9 Å². The molecule has 1 aromatic rings. The second-order valence-electron chi connectivity index (χ2n) is 5.24. The first-order valence-corrected chi connectivity index (χ1v) is 6.83. The second-order valence-corrected chi connectivity index (χ2v) is 5.24. The van der Waals surface area contributed by atoms with Crippen LogP contribution >= 0.6 is 0 Å². The summed E-state index contributed by atoms with van der Waals surface area (Å²) >= 11 is 0. The number of aliphatic carboxylic acids is 1. The lowest BCUT2D eigenvalue weighted by Gasteiger charge is -2.10. The van der Waals surface area contributed by atoms with E-state index in [2.05, 4.69) is 5.32 Å². The van der Waals surface area contributed by atoms with Crippen molar-refractivity contribution in [3.63, 3.8) is 0 Å². The van der Waals surface area contributed by atoms with Gasteiger partial charge in [-0.15, -0.1) is 0 Å². The first-order chi connectivity index (χ1) is 9.56. The van der Waals surface area contributed by atoms with Crippen LogP contribution in [0.2, 0.25) is 0 Å². The Labute approximate surface area is 118 Å². The van der Waals surface area contributed by atoms with Gasteiger partial charge in [-0.05, 0) is 43.4 Å². The lowest BCUT2D eigenvalue weighted by molar-refractivity contribution is -0.141. The highest BCUT2D eigenvalue weighted by molar-refractivity contribution is 5.92. The molecule has 2 rings (SSSR count). The minimum Gasteiger partial charge on any atom is -0.481 e. The number of carboxylic acids is 1.